The third-order valence-corrected chi connectivity index (χ3v) is 3.59. The van der Waals surface area contributed by atoms with Crippen LogP contribution in [0, 0.1) is 0 Å². The fourth-order valence-corrected chi connectivity index (χ4v) is 2.24. The Kier molecular flexibility index (Phi) is 6.15. The monoisotopic (exact) mass is 301 g/mol. The van der Waals surface area contributed by atoms with Crippen LogP contribution < -0.4 is 4.74 Å². The zero-order chi connectivity index (χ0) is 15.8. The standard InChI is InChI=1S/C17H23N3O2/c1-4-20(5-2)10-11-22-18-13-14-12-17(21-3)19-16-9-7-6-8-15(14)16/h6-9,12-13H,4-5,10-11H2,1-3H3/b18-13+. The van der Waals surface area contributed by atoms with E-state index in [1.54, 1.807) is 13.3 Å². The molecule has 2 rings (SSSR count). The van der Waals surface area contributed by atoms with Crippen molar-refractivity contribution in [1.82, 2.24) is 9.88 Å². The first-order chi connectivity index (χ1) is 10.8. The fourth-order valence-electron chi connectivity index (χ4n) is 2.24. The molecule has 5 heteroatoms. The van der Waals surface area contributed by atoms with E-state index in [0.717, 1.165) is 36.1 Å². The Hall–Kier alpha value is -2.14. The maximum absolute atomic E-state index is 5.36. The number of fused-ring (bicyclic) bond motifs is 1. The second-order valence-corrected chi connectivity index (χ2v) is 4.87. The van der Waals surface area contributed by atoms with E-state index >= 15 is 0 Å². The van der Waals surface area contributed by atoms with Gasteiger partial charge in [-0.05, 0) is 19.2 Å². The number of methoxy groups -OCH3 is 1. The Morgan fingerprint density at radius 1 is 1.23 bits per heavy atom. The molecular weight excluding hydrogens is 278 g/mol. The SMILES string of the molecule is CCN(CC)CCO/N=C/c1cc(OC)nc2ccccc12. The molecule has 0 saturated heterocycles. The summed E-state index contributed by atoms with van der Waals surface area (Å²) in [6.07, 6.45) is 1.72. The minimum absolute atomic E-state index is 0.572. The Morgan fingerprint density at radius 2 is 2.00 bits per heavy atom. The summed E-state index contributed by atoms with van der Waals surface area (Å²) in [6, 6.07) is 9.76. The van der Waals surface area contributed by atoms with Gasteiger partial charge in [-0.3, -0.25) is 0 Å². The fraction of sp³-hybridized carbons (Fsp3) is 0.412. The van der Waals surface area contributed by atoms with Crippen LogP contribution in [-0.4, -0.2) is 49.4 Å². The molecule has 1 heterocycles. The van der Waals surface area contributed by atoms with E-state index in [2.05, 4.69) is 28.9 Å². The van der Waals surface area contributed by atoms with E-state index in [-0.39, 0.29) is 0 Å². The lowest BCUT2D eigenvalue weighted by molar-refractivity contribution is 0.115. The molecule has 0 bridgehead atoms. The maximum atomic E-state index is 5.36. The lowest BCUT2D eigenvalue weighted by Crippen LogP contribution is -2.26. The molecule has 22 heavy (non-hydrogen) atoms. The molecule has 0 radical (unpaired) electrons. The number of ether oxygens (including phenoxy) is 1. The third kappa shape index (κ3) is 4.18. The Morgan fingerprint density at radius 3 is 2.73 bits per heavy atom. The van der Waals surface area contributed by atoms with E-state index in [0.29, 0.717) is 12.5 Å². The highest BCUT2D eigenvalue weighted by molar-refractivity contribution is 5.98. The molecule has 2 aromatic rings. The number of pyridine rings is 1. The highest BCUT2D eigenvalue weighted by Gasteiger charge is 2.04. The van der Waals surface area contributed by atoms with Gasteiger partial charge in [0.15, 0.2) is 0 Å². The number of nitrogens with zero attached hydrogens (tertiary/aromatic N) is 3. The molecule has 0 spiro atoms. The van der Waals surface area contributed by atoms with Gasteiger partial charge >= 0.3 is 0 Å². The summed E-state index contributed by atoms with van der Waals surface area (Å²) in [7, 11) is 1.61. The molecule has 1 aromatic heterocycles. The molecule has 0 atom stereocenters. The Bertz CT molecular complexity index is 624. The van der Waals surface area contributed by atoms with Crippen molar-refractivity contribution in [2.75, 3.05) is 33.4 Å². The van der Waals surface area contributed by atoms with Gasteiger partial charge in [-0.15, -0.1) is 0 Å². The first-order valence-corrected chi connectivity index (χ1v) is 7.60. The van der Waals surface area contributed by atoms with E-state index in [1.807, 2.05) is 30.3 Å². The lowest BCUT2D eigenvalue weighted by Gasteiger charge is -2.16. The molecular formula is C17H23N3O2. The minimum atomic E-state index is 0.572. The summed E-state index contributed by atoms with van der Waals surface area (Å²) in [6.45, 7) is 7.79. The van der Waals surface area contributed by atoms with Crippen LogP contribution >= 0.6 is 0 Å². The normalized spacial score (nSPS) is 11.5. The number of oxime groups is 1. The predicted octanol–water partition coefficient (Wildman–Crippen LogP) is 2.94. The Balaban J connectivity index is 2.05. The van der Waals surface area contributed by atoms with Crippen molar-refractivity contribution in [1.29, 1.82) is 0 Å². The van der Waals surface area contributed by atoms with Gasteiger partial charge in [0.1, 0.15) is 6.61 Å². The molecule has 0 fully saturated rings. The van der Waals surface area contributed by atoms with Crippen LogP contribution in [0.1, 0.15) is 19.4 Å². The van der Waals surface area contributed by atoms with Gasteiger partial charge < -0.3 is 14.5 Å². The van der Waals surface area contributed by atoms with Crippen molar-refractivity contribution < 1.29 is 9.57 Å². The summed E-state index contributed by atoms with van der Waals surface area (Å²) in [5, 5.41) is 5.10. The molecule has 1 aromatic carbocycles. The average Bonchev–Trinajstić information content (AvgIpc) is 2.57. The van der Waals surface area contributed by atoms with Gasteiger partial charge in [-0.2, -0.15) is 0 Å². The number of hydrogen-bond acceptors (Lipinski definition) is 5. The number of hydrogen-bond donors (Lipinski definition) is 0. The van der Waals surface area contributed by atoms with E-state index < -0.39 is 0 Å². The van der Waals surface area contributed by atoms with Gasteiger partial charge in [-0.1, -0.05) is 37.2 Å². The van der Waals surface area contributed by atoms with Crippen LogP contribution in [0.4, 0.5) is 0 Å². The summed E-state index contributed by atoms with van der Waals surface area (Å²) in [5.74, 6) is 0.572. The van der Waals surface area contributed by atoms with Crippen LogP contribution in [0.2, 0.25) is 0 Å². The quantitative estimate of drug-likeness (QED) is 0.427. The van der Waals surface area contributed by atoms with Crippen molar-refractivity contribution >= 4 is 17.1 Å². The lowest BCUT2D eigenvalue weighted by atomic mass is 10.1. The average molecular weight is 301 g/mol. The number of rotatable bonds is 8. The largest absolute Gasteiger partial charge is 0.481 e. The number of para-hydroxylation sites is 1. The zero-order valence-corrected chi connectivity index (χ0v) is 13.5. The van der Waals surface area contributed by atoms with Crippen LogP contribution in [0.5, 0.6) is 5.88 Å². The topological polar surface area (TPSA) is 47.0 Å². The van der Waals surface area contributed by atoms with Crippen molar-refractivity contribution in [3.63, 3.8) is 0 Å². The molecule has 0 aliphatic carbocycles. The minimum Gasteiger partial charge on any atom is -0.481 e. The smallest absolute Gasteiger partial charge is 0.214 e. The zero-order valence-electron chi connectivity index (χ0n) is 13.5. The van der Waals surface area contributed by atoms with Crippen molar-refractivity contribution in [3.05, 3.63) is 35.9 Å². The molecule has 118 valence electrons. The number of aromatic nitrogens is 1. The van der Waals surface area contributed by atoms with Crippen LogP contribution in [0.3, 0.4) is 0 Å². The summed E-state index contributed by atoms with van der Waals surface area (Å²) < 4.78 is 5.23. The first-order valence-electron chi connectivity index (χ1n) is 7.60. The molecule has 0 amide bonds. The third-order valence-electron chi connectivity index (χ3n) is 3.59. The Labute approximate surface area is 131 Å². The first kappa shape index (κ1) is 16.2. The molecule has 0 unspecified atom stereocenters. The van der Waals surface area contributed by atoms with Crippen LogP contribution in [0.25, 0.3) is 10.9 Å². The van der Waals surface area contributed by atoms with Gasteiger partial charge in [0.25, 0.3) is 0 Å². The summed E-state index contributed by atoms with van der Waals surface area (Å²) in [4.78, 5) is 12.1. The molecule has 5 nitrogen and oxygen atoms in total. The molecule has 0 N–H and O–H groups in total. The van der Waals surface area contributed by atoms with Crippen LogP contribution in [-0.2, 0) is 4.84 Å². The second kappa shape index (κ2) is 8.34. The predicted molar refractivity (Wildman–Crippen MR) is 89.6 cm³/mol. The molecule has 0 aliphatic heterocycles. The molecule has 0 aliphatic rings. The highest BCUT2D eigenvalue weighted by Crippen LogP contribution is 2.20. The van der Waals surface area contributed by atoms with Crippen molar-refractivity contribution in [2.45, 2.75) is 13.8 Å². The van der Waals surface area contributed by atoms with Gasteiger partial charge in [-0.25, -0.2) is 4.98 Å². The number of likely N-dealkylation sites (N-methyl/N-ethyl adjacent to an activating group) is 1. The van der Waals surface area contributed by atoms with Crippen LogP contribution in [0.15, 0.2) is 35.5 Å². The number of benzene rings is 1. The van der Waals surface area contributed by atoms with Gasteiger partial charge in [0.2, 0.25) is 5.88 Å². The van der Waals surface area contributed by atoms with Gasteiger partial charge in [0.05, 0.1) is 18.8 Å². The molecule has 0 saturated carbocycles. The highest BCUT2D eigenvalue weighted by atomic mass is 16.6. The van der Waals surface area contributed by atoms with Crippen molar-refractivity contribution in [2.24, 2.45) is 5.16 Å². The maximum Gasteiger partial charge on any atom is 0.214 e. The summed E-state index contributed by atoms with van der Waals surface area (Å²) >= 11 is 0. The van der Waals surface area contributed by atoms with E-state index in [4.69, 9.17) is 9.57 Å². The van der Waals surface area contributed by atoms with E-state index in [1.165, 1.54) is 0 Å². The van der Waals surface area contributed by atoms with Crippen molar-refractivity contribution in [3.8, 4) is 5.88 Å². The van der Waals surface area contributed by atoms with Gasteiger partial charge in [0, 0.05) is 23.6 Å². The second-order valence-electron chi connectivity index (χ2n) is 4.87. The summed E-state index contributed by atoms with van der Waals surface area (Å²) in [5.41, 5.74) is 1.82. The van der Waals surface area contributed by atoms with E-state index in [9.17, 15) is 0 Å².